The Morgan fingerprint density at radius 3 is 2.68 bits per heavy atom. The molecule has 0 aliphatic carbocycles. The quantitative estimate of drug-likeness (QED) is 0.848. The SMILES string of the molecule is COc1ccccc1Cn1c(O)c(C)c(=O)[nH]c1=O. The van der Waals surface area contributed by atoms with Crippen LogP contribution in [0, 0.1) is 6.92 Å². The number of rotatable bonds is 3. The molecule has 2 rings (SSSR count). The fourth-order valence-electron chi connectivity index (χ4n) is 1.81. The van der Waals surface area contributed by atoms with Crippen LogP contribution in [0.25, 0.3) is 0 Å². The average Bonchev–Trinajstić information content (AvgIpc) is 2.41. The van der Waals surface area contributed by atoms with Gasteiger partial charge in [0.1, 0.15) is 5.75 Å². The largest absolute Gasteiger partial charge is 0.496 e. The van der Waals surface area contributed by atoms with E-state index in [0.717, 1.165) is 10.1 Å². The van der Waals surface area contributed by atoms with Gasteiger partial charge in [-0.1, -0.05) is 18.2 Å². The fourth-order valence-corrected chi connectivity index (χ4v) is 1.81. The van der Waals surface area contributed by atoms with Crippen molar-refractivity contribution < 1.29 is 9.84 Å². The van der Waals surface area contributed by atoms with Crippen molar-refractivity contribution in [2.75, 3.05) is 7.11 Å². The van der Waals surface area contributed by atoms with Gasteiger partial charge >= 0.3 is 5.69 Å². The maximum atomic E-state index is 11.7. The van der Waals surface area contributed by atoms with Crippen LogP contribution in [0.1, 0.15) is 11.1 Å². The van der Waals surface area contributed by atoms with Crippen LogP contribution < -0.4 is 16.0 Å². The van der Waals surface area contributed by atoms with Crippen LogP contribution in [0.4, 0.5) is 0 Å². The number of aromatic amines is 1. The molecule has 1 aromatic heterocycles. The minimum Gasteiger partial charge on any atom is -0.496 e. The van der Waals surface area contributed by atoms with E-state index in [1.165, 1.54) is 14.0 Å². The molecule has 6 nitrogen and oxygen atoms in total. The van der Waals surface area contributed by atoms with E-state index in [0.29, 0.717) is 5.75 Å². The number of hydrogen-bond acceptors (Lipinski definition) is 4. The Labute approximate surface area is 108 Å². The molecule has 0 unspecified atom stereocenters. The lowest BCUT2D eigenvalue weighted by atomic mass is 10.2. The molecule has 0 saturated heterocycles. The van der Waals surface area contributed by atoms with Crippen molar-refractivity contribution in [2.24, 2.45) is 0 Å². The Hall–Kier alpha value is -2.50. The normalized spacial score (nSPS) is 10.4. The zero-order valence-corrected chi connectivity index (χ0v) is 10.6. The molecule has 0 aliphatic rings. The molecule has 6 heteroatoms. The van der Waals surface area contributed by atoms with E-state index in [9.17, 15) is 14.7 Å². The summed E-state index contributed by atoms with van der Waals surface area (Å²) in [5.41, 5.74) is -0.402. The van der Waals surface area contributed by atoms with Crippen LogP contribution in [-0.4, -0.2) is 21.8 Å². The summed E-state index contributed by atoms with van der Waals surface area (Å²) >= 11 is 0. The lowest BCUT2D eigenvalue weighted by Crippen LogP contribution is -2.31. The maximum Gasteiger partial charge on any atom is 0.331 e. The molecule has 0 bridgehead atoms. The maximum absolute atomic E-state index is 11.7. The summed E-state index contributed by atoms with van der Waals surface area (Å²) in [5, 5.41) is 9.89. The highest BCUT2D eigenvalue weighted by Gasteiger charge is 2.12. The highest BCUT2D eigenvalue weighted by atomic mass is 16.5. The van der Waals surface area contributed by atoms with Gasteiger partial charge in [0, 0.05) is 5.56 Å². The van der Waals surface area contributed by atoms with Gasteiger partial charge in [0.15, 0.2) is 0 Å². The minimum atomic E-state index is -0.654. The van der Waals surface area contributed by atoms with Gasteiger partial charge in [-0.15, -0.1) is 0 Å². The first-order chi connectivity index (χ1) is 9.04. The van der Waals surface area contributed by atoms with Crippen molar-refractivity contribution in [3.8, 4) is 11.6 Å². The van der Waals surface area contributed by atoms with Crippen molar-refractivity contribution in [3.63, 3.8) is 0 Å². The highest BCUT2D eigenvalue weighted by Crippen LogP contribution is 2.19. The van der Waals surface area contributed by atoms with Crippen molar-refractivity contribution in [2.45, 2.75) is 13.5 Å². The number of nitrogens with one attached hydrogen (secondary N) is 1. The zero-order chi connectivity index (χ0) is 14.0. The lowest BCUT2D eigenvalue weighted by Gasteiger charge is -2.12. The first-order valence-electron chi connectivity index (χ1n) is 5.69. The van der Waals surface area contributed by atoms with Crippen LogP contribution in [0.5, 0.6) is 11.6 Å². The average molecular weight is 262 g/mol. The van der Waals surface area contributed by atoms with Gasteiger partial charge in [0.2, 0.25) is 5.88 Å². The van der Waals surface area contributed by atoms with Crippen molar-refractivity contribution >= 4 is 0 Å². The van der Waals surface area contributed by atoms with E-state index in [2.05, 4.69) is 4.98 Å². The van der Waals surface area contributed by atoms with Crippen LogP contribution in [0.2, 0.25) is 0 Å². The molecule has 2 N–H and O–H groups in total. The van der Waals surface area contributed by atoms with Crippen LogP contribution in [0.15, 0.2) is 33.9 Å². The third-order valence-electron chi connectivity index (χ3n) is 2.92. The van der Waals surface area contributed by atoms with Gasteiger partial charge in [0.05, 0.1) is 19.2 Å². The van der Waals surface area contributed by atoms with Gasteiger partial charge in [-0.05, 0) is 13.0 Å². The van der Waals surface area contributed by atoms with E-state index in [-0.39, 0.29) is 18.0 Å². The number of aromatic nitrogens is 2. The summed E-state index contributed by atoms with van der Waals surface area (Å²) in [6.07, 6.45) is 0. The fraction of sp³-hybridized carbons (Fsp3) is 0.231. The third-order valence-corrected chi connectivity index (χ3v) is 2.92. The Bertz CT molecular complexity index is 715. The number of benzene rings is 1. The molecular weight excluding hydrogens is 248 g/mol. The number of para-hydroxylation sites is 1. The zero-order valence-electron chi connectivity index (χ0n) is 10.6. The van der Waals surface area contributed by atoms with Crippen molar-refractivity contribution in [1.29, 1.82) is 0 Å². The van der Waals surface area contributed by atoms with Crippen LogP contribution >= 0.6 is 0 Å². The minimum absolute atomic E-state index is 0.106. The Morgan fingerprint density at radius 1 is 1.32 bits per heavy atom. The van der Waals surface area contributed by atoms with Gasteiger partial charge in [-0.2, -0.15) is 0 Å². The van der Waals surface area contributed by atoms with E-state index < -0.39 is 11.2 Å². The van der Waals surface area contributed by atoms with Crippen molar-refractivity contribution in [3.05, 3.63) is 56.2 Å². The molecule has 0 atom stereocenters. The van der Waals surface area contributed by atoms with Gasteiger partial charge in [0.25, 0.3) is 5.56 Å². The number of ether oxygens (including phenoxy) is 1. The van der Waals surface area contributed by atoms with Gasteiger partial charge in [-0.3, -0.25) is 14.3 Å². The van der Waals surface area contributed by atoms with Gasteiger partial charge < -0.3 is 9.84 Å². The second-order valence-corrected chi connectivity index (χ2v) is 4.11. The molecule has 1 aromatic carbocycles. The lowest BCUT2D eigenvalue weighted by molar-refractivity contribution is 0.391. The smallest absolute Gasteiger partial charge is 0.331 e. The van der Waals surface area contributed by atoms with E-state index in [4.69, 9.17) is 4.74 Å². The molecule has 0 spiro atoms. The number of hydrogen-bond donors (Lipinski definition) is 2. The van der Waals surface area contributed by atoms with Crippen LogP contribution in [-0.2, 0) is 6.54 Å². The number of methoxy groups -OCH3 is 1. The highest BCUT2D eigenvalue weighted by molar-refractivity contribution is 5.34. The molecule has 1 heterocycles. The topological polar surface area (TPSA) is 84.3 Å². The number of H-pyrrole nitrogens is 1. The summed E-state index contributed by atoms with van der Waals surface area (Å²) in [5.74, 6) is 0.275. The molecule has 19 heavy (non-hydrogen) atoms. The summed E-state index contributed by atoms with van der Waals surface area (Å²) in [7, 11) is 1.53. The number of aromatic hydroxyl groups is 1. The van der Waals surface area contributed by atoms with E-state index >= 15 is 0 Å². The first kappa shape index (κ1) is 12.9. The summed E-state index contributed by atoms with van der Waals surface area (Å²) < 4.78 is 6.27. The molecule has 0 saturated carbocycles. The standard InChI is InChI=1S/C13H14N2O4/c1-8-11(16)14-13(18)15(12(8)17)7-9-5-3-4-6-10(9)19-2/h3-6,17H,7H2,1-2H3,(H,14,16,18). The molecule has 0 amide bonds. The Kier molecular flexibility index (Phi) is 3.41. The Morgan fingerprint density at radius 2 is 2.00 bits per heavy atom. The van der Waals surface area contributed by atoms with Gasteiger partial charge in [-0.25, -0.2) is 4.79 Å². The summed E-state index contributed by atoms with van der Waals surface area (Å²) in [6, 6.07) is 7.16. The molecule has 0 fully saturated rings. The van der Waals surface area contributed by atoms with E-state index in [1.54, 1.807) is 18.2 Å². The van der Waals surface area contributed by atoms with Crippen molar-refractivity contribution in [1.82, 2.24) is 9.55 Å². The predicted molar refractivity (Wildman–Crippen MR) is 69.8 cm³/mol. The molecule has 0 aliphatic heterocycles. The number of nitrogens with zero attached hydrogens (tertiary/aromatic N) is 1. The van der Waals surface area contributed by atoms with E-state index in [1.807, 2.05) is 6.07 Å². The molecular formula is C13H14N2O4. The second kappa shape index (κ2) is 5.01. The molecule has 100 valence electrons. The third kappa shape index (κ3) is 2.37. The van der Waals surface area contributed by atoms with Crippen LogP contribution in [0.3, 0.4) is 0 Å². The molecule has 2 aromatic rings. The molecule has 0 radical (unpaired) electrons. The second-order valence-electron chi connectivity index (χ2n) is 4.11. The first-order valence-corrected chi connectivity index (χ1v) is 5.69. The summed E-state index contributed by atoms with van der Waals surface area (Å²) in [6.45, 7) is 1.57. The Balaban J connectivity index is 2.53. The summed E-state index contributed by atoms with van der Waals surface area (Å²) in [4.78, 5) is 25.2. The monoisotopic (exact) mass is 262 g/mol. The predicted octanol–water partition coefficient (Wildman–Crippen LogP) is 0.608.